The van der Waals surface area contributed by atoms with Crippen molar-refractivity contribution < 1.29 is 19.4 Å². The van der Waals surface area contributed by atoms with Crippen LogP contribution >= 0.6 is 0 Å². The summed E-state index contributed by atoms with van der Waals surface area (Å²) in [6, 6.07) is 10.6. The first kappa shape index (κ1) is 16.5. The molecule has 2 N–H and O–H groups in total. The van der Waals surface area contributed by atoms with Crippen LogP contribution in [0.4, 0.5) is 4.39 Å². The van der Waals surface area contributed by atoms with Gasteiger partial charge in [-0.2, -0.15) is 0 Å². The van der Waals surface area contributed by atoms with Crippen molar-refractivity contribution in [2.75, 3.05) is 0 Å². The number of hydrogen-bond acceptors (Lipinski definition) is 3. The molecule has 0 heterocycles. The van der Waals surface area contributed by atoms with Gasteiger partial charge in [-0.05, 0) is 47.9 Å². The average Bonchev–Trinajstić information content (AvgIpc) is 2.54. The summed E-state index contributed by atoms with van der Waals surface area (Å²) in [5.41, 5.74) is 1.63. The SMILES string of the molecule is O=C(/C=C/C=C/c1ccc(F)cc1)CCc1ccc(O)c(O)c1. The molecule has 0 radical (unpaired) electrons. The summed E-state index contributed by atoms with van der Waals surface area (Å²) >= 11 is 0. The van der Waals surface area contributed by atoms with Gasteiger partial charge in [-0.1, -0.05) is 36.4 Å². The minimum Gasteiger partial charge on any atom is -0.504 e. The second-order valence-electron chi connectivity index (χ2n) is 5.06. The van der Waals surface area contributed by atoms with Gasteiger partial charge >= 0.3 is 0 Å². The van der Waals surface area contributed by atoms with E-state index in [-0.39, 0.29) is 23.1 Å². The van der Waals surface area contributed by atoms with Crippen LogP contribution in [0.5, 0.6) is 11.5 Å². The number of aryl methyl sites for hydroxylation is 1. The molecule has 0 saturated carbocycles. The number of rotatable bonds is 6. The molecule has 0 aromatic heterocycles. The molecule has 0 spiro atoms. The fourth-order valence-corrected chi connectivity index (χ4v) is 1.98. The molecule has 0 bridgehead atoms. The summed E-state index contributed by atoms with van der Waals surface area (Å²) in [5.74, 6) is -0.687. The number of hydrogen-bond donors (Lipinski definition) is 2. The lowest BCUT2D eigenvalue weighted by molar-refractivity contribution is -0.114. The fourth-order valence-electron chi connectivity index (χ4n) is 1.98. The minimum absolute atomic E-state index is 0.0404. The zero-order valence-corrected chi connectivity index (χ0v) is 12.4. The number of carbonyl (C=O) groups is 1. The van der Waals surface area contributed by atoms with Crippen LogP contribution in [0.25, 0.3) is 6.08 Å². The number of phenols is 2. The summed E-state index contributed by atoms with van der Waals surface area (Å²) in [6.45, 7) is 0. The van der Waals surface area contributed by atoms with Crippen LogP contribution in [-0.2, 0) is 11.2 Å². The van der Waals surface area contributed by atoms with E-state index in [0.29, 0.717) is 12.8 Å². The predicted molar refractivity (Wildman–Crippen MR) is 87.7 cm³/mol. The van der Waals surface area contributed by atoms with Crippen LogP contribution in [0.3, 0.4) is 0 Å². The van der Waals surface area contributed by atoms with Gasteiger partial charge in [0.25, 0.3) is 0 Å². The molecule has 0 aliphatic rings. The molecule has 2 rings (SSSR count). The number of ketones is 1. The molecule has 23 heavy (non-hydrogen) atoms. The highest BCUT2D eigenvalue weighted by Gasteiger charge is 2.02. The van der Waals surface area contributed by atoms with Crippen molar-refractivity contribution in [3.8, 4) is 11.5 Å². The van der Waals surface area contributed by atoms with Crippen molar-refractivity contribution in [3.63, 3.8) is 0 Å². The Morgan fingerprint density at radius 1 is 1.00 bits per heavy atom. The average molecular weight is 312 g/mol. The van der Waals surface area contributed by atoms with Crippen LogP contribution < -0.4 is 0 Å². The van der Waals surface area contributed by atoms with Gasteiger partial charge < -0.3 is 10.2 Å². The zero-order valence-electron chi connectivity index (χ0n) is 12.4. The second kappa shape index (κ2) is 7.94. The quantitative estimate of drug-likeness (QED) is 0.481. The summed E-state index contributed by atoms with van der Waals surface area (Å²) < 4.78 is 12.7. The van der Waals surface area contributed by atoms with Crippen LogP contribution in [-0.4, -0.2) is 16.0 Å². The molecule has 4 heteroatoms. The normalized spacial score (nSPS) is 11.3. The summed E-state index contributed by atoms with van der Waals surface area (Å²) in [7, 11) is 0. The van der Waals surface area contributed by atoms with E-state index in [4.69, 9.17) is 0 Å². The molecular weight excluding hydrogens is 295 g/mol. The van der Waals surface area contributed by atoms with Crippen molar-refractivity contribution in [3.05, 3.63) is 77.6 Å². The number of benzene rings is 2. The lowest BCUT2D eigenvalue weighted by Gasteiger charge is -2.01. The van der Waals surface area contributed by atoms with Crippen molar-refractivity contribution >= 4 is 11.9 Å². The molecule has 0 unspecified atom stereocenters. The van der Waals surface area contributed by atoms with Crippen molar-refractivity contribution in [2.45, 2.75) is 12.8 Å². The monoisotopic (exact) mass is 312 g/mol. The van der Waals surface area contributed by atoms with Crippen LogP contribution in [0.15, 0.2) is 60.7 Å². The number of phenolic OH excluding ortho intramolecular Hbond substituents is 2. The molecule has 0 saturated heterocycles. The smallest absolute Gasteiger partial charge is 0.157 e. The highest BCUT2D eigenvalue weighted by Crippen LogP contribution is 2.25. The van der Waals surface area contributed by atoms with E-state index in [1.807, 2.05) is 0 Å². The van der Waals surface area contributed by atoms with Gasteiger partial charge in [0.1, 0.15) is 5.82 Å². The van der Waals surface area contributed by atoms with Gasteiger partial charge in [0, 0.05) is 6.42 Å². The number of halogens is 1. The standard InChI is InChI=1S/C19H17FO3/c20-16-9-5-14(6-10-16)3-1-2-4-17(21)11-7-15-8-12-18(22)19(23)13-15/h1-6,8-10,12-13,22-23H,7,11H2/b3-1+,4-2+. The van der Waals surface area contributed by atoms with Crippen LogP contribution in [0, 0.1) is 5.82 Å². The largest absolute Gasteiger partial charge is 0.504 e. The molecule has 3 nitrogen and oxygen atoms in total. The van der Waals surface area contributed by atoms with Crippen molar-refractivity contribution in [1.29, 1.82) is 0 Å². The topological polar surface area (TPSA) is 57.5 Å². The molecule has 118 valence electrons. The molecule has 2 aromatic rings. The van der Waals surface area contributed by atoms with Gasteiger partial charge in [-0.15, -0.1) is 0 Å². The Bertz CT molecular complexity index is 731. The molecule has 0 fully saturated rings. The lowest BCUT2D eigenvalue weighted by Crippen LogP contribution is -1.95. The molecule has 0 aliphatic heterocycles. The van der Waals surface area contributed by atoms with E-state index in [1.165, 1.54) is 30.3 Å². The third kappa shape index (κ3) is 5.43. The number of allylic oxidation sites excluding steroid dienone is 3. The van der Waals surface area contributed by atoms with Gasteiger partial charge in [0.15, 0.2) is 17.3 Å². The molecule has 0 atom stereocenters. The van der Waals surface area contributed by atoms with E-state index >= 15 is 0 Å². The fraction of sp³-hybridized carbons (Fsp3) is 0.105. The van der Waals surface area contributed by atoms with Gasteiger partial charge in [0.05, 0.1) is 0 Å². The van der Waals surface area contributed by atoms with E-state index in [2.05, 4.69) is 0 Å². The van der Waals surface area contributed by atoms with E-state index < -0.39 is 0 Å². The first-order chi connectivity index (χ1) is 11.0. The highest BCUT2D eigenvalue weighted by molar-refractivity contribution is 5.90. The Hall–Kier alpha value is -2.88. The Labute approximate surface area is 134 Å². The third-order valence-corrected chi connectivity index (χ3v) is 3.25. The predicted octanol–water partition coefficient (Wildman–Crippen LogP) is 4.01. The maximum Gasteiger partial charge on any atom is 0.157 e. The van der Waals surface area contributed by atoms with Crippen molar-refractivity contribution in [2.24, 2.45) is 0 Å². The maximum absolute atomic E-state index is 12.7. The highest BCUT2D eigenvalue weighted by atomic mass is 19.1. The lowest BCUT2D eigenvalue weighted by atomic mass is 10.1. The number of carbonyl (C=O) groups excluding carboxylic acids is 1. The van der Waals surface area contributed by atoms with Gasteiger partial charge in [0.2, 0.25) is 0 Å². The molecule has 0 amide bonds. The number of aromatic hydroxyl groups is 2. The van der Waals surface area contributed by atoms with E-state index in [9.17, 15) is 19.4 Å². The van der Waals surface area contributed by atoms with Crippen LogP contribution in [0.2, 0.25) is 0 Å². The Morgan fingerprint density at radius 2 is 1.74 bits per heavy atom. The molecular formula is C19H17FO3. The Morgan fingerprint density at radius 3 is 2.43 bits per heavy atom. The Balaban J connectivity index is 1.82. The van der Waals surface area contributed by atoms with Crippen molar-refractivity contribution in [1.82, 2.24) is 0 Å². The summed E-state index contributed by atoms with van der Waals surface area (Å²) in [5, 5.41) is 18.6. The third-order valence-electron chi connectivity index (χ3n) is 3.25. The zero-order chi connectivity index (χ0) is 16.7. The second-order valence-corrected chi connectivity index (χ2v) is 5.06. The summed E-state index contributed by atoms with van der Waals surface area (Å²) in [6.07, 6.45) is 7.41. The first-order valence-corrected chi connectivity index (χ1v) is 7.18. The summed E-state index contributed by atoms with van der Waals surface area (Å²) in [4.78, 5) is 11.7. The van der Waals surface area contributed by atoms with E-state index in [0.717, 1.165) is 11.1 Å². The van der Waals surface area contributed by atoms with Gasteiger partial charge in [-0.25, -0.2) is 4.39 Å². The maximum atomic E-state index is 12.7. The van der Waals surface area contributed by atoms with E-state index in [1.54, 1.807) is 36.4 Å². The molecule has 0 aliphatic carbocycles. The minimum atomic E-state index is -0.284. The Kier molecular flexibility index (Phi) is 5.69. The van der Waals surface area contributed by atoms with Gasteiger partial charge in [-0.3, -0.25) is 4.79 Å². The molecule has 2 aromatic carbocycles. The first-order valence-electron chi connectivity index (χ1n) is 7.18. The van der Waals surface area contributed by atoms with Crippen LogP contribution in [0.1, 0.15) is 17.5 Å².